The average molecular weight is 308 g/mol. The van der Waals surface area contributed by atoms with Gasteiger partial charge in [-0.2, -0.15) is 22.0 Å². The van der Waals surface area contributed by atoms with Gasteiger partial charge in [0.2, 0.25) is 0 Å². The predicted molar refractivity (Wildman–Crippen MR) is 69.2 cm³/mol. The molecule has 118 valence electrons. The number of benzene rings is 1. The van der Waals surface area contributed by atoms with Gasteiger partial charge in [-0.05, 0) is 5.56 Å². The van der Waals surface area contributed by atoms with E-state index in [0.29, 0.717) is 19.6 Å². The van der Waals surface area contributed by atoms with Crippen LogP contribution >= 0.6 is 0 Å². The molecule has 1 saturated heterocycles. The first-order chi connectivity index (χ1) is 9.78. The van der Waals surface area contributed by atoms with Crippen LogP contribution in [0.15, 0.2) is 30.3 Å². The number of rotatable bonds is 4. The SMILES string of the molecule is FC(F)(F)C(F)(F)CN1CCN(Cc2ccccc2)CC1. The summed E-state index contributed by atoms with van der Waals surface area (Å²) in [5.41, 5.74) is 1.10. The fourth-order valence-electron chi connectivity index (χ4n) is 2.32. The lowest BCUT2D eigenvalue weighted by Crippen LogP contribution is -2.53. The topological polar surface area (TPSA) is 6.48 Å². The molecule has 2 rings (SSSR count). The van der Waals surface area contributed by atoms with E-state index >= 15 is 0 Å². The molecule has 0 N–H and O–H groups in total. The lowest BCUT2D eigenvalue weighted by atomic mass is 10.2. The van der Waals surface area contributed by atoms with Gasteiger partial charge in [0, 0.05) is 32.7 Å². The second-order valence-corrected chi connectivity index (χ2v) is 5.24. The van der Waals surface area contributed by atoms with Crippen LogP contribution in [-0.2, 0) is 6.54 Å². The molecule has 1 heterocycles. The molecule has 2 nitrogen and oxygen atoms in total. The zero-order valence-electron chi connectivity index (χ0n) is 11.4. The number of nitrogens with zero attached hydrogens (tertiary/aromatic N) is 2. The second-order valence-electron chi connectivity index (χ2n) is 5.24. The predicted octanol–water partition coefficient (Wildman–Crippen LogP) is 3.00. The third kappa shape index (κ3) is 4.38. The largest absolute Gasteiger partial charge is 0.454 e. The van der Waals surface area contributed by atoms with Gasteiger partial charge in [0.05, 0.1) is 6.54 Å². The highest BCUT2D eigenvalue weighted by Crippen LogP contribution is 2.36. The zero-order chi connectivity index (χ0) is 15.5. The molecular weight excluding hydrogens is 291 g/mol. The summed E-state index contributed by atoms with van der Waals surface area (Å²) in [6, 6.07) is 9.65. The third-order valence-electron chi connectivity index (χ3n) is 3.55. The van der Waals surface area contributed by atoms with E-state index in [1.54, 1.807) is 0 Å². The van der Waals surface area contributed by atoms with Gasteiger partial charge in [0.1, 0.15) is 0 Å². The lowest BCUT2D eigenvalue weighted by Gasteiger charge is -2.36. The molecule has 1 aliphatic rings. The number of hydrogen-bond donors (Lipinski definition) is 0. The molecule has 1 fully saturated rings. The monoisotopic (exact) mass is 308 g/mol. The van der Waals surface area contributed by atoms with Crippen molar-refractivity contribution < 1.29 is 22.0 Å². The van der Waals surface area contributed by atoms with Crippen molar-refractivity contribution >= 4 is 0 Å². The minimum atomic E-state index is -5.48. The first-order valence-corrected chi connectivity index (χ1v) is 6.71. The van der Waals surface area contributed by atoms with Crippen LogP contribution in [0.5, 0.6) is 0 Å². The summed E-state index contributed by atoms with van der Waals surface area (Å²) in [5.74, 6) is -4.64. The van der Waals surface area contributed by atoms with Gasteiger partial charge in [-0.1, -0.05) is 30.3 Å². The van der Waals surface area contributed by atoms with Gasteiger partial charge < -0.3 is 0 Å². The first-order valence-electron chi connectivity index (χ1n) is 6.71. The minimum Gasteiger partial charge on any atom is -0.297 e. The van der Waals surface area contributed by atoms with E-state index in [-0.39, 0.29) is 13.1 Å². The quantitative estimate of drug-likeness (QED) is 0.789. The number of alkyl halides is 5. The van der Waals surface area contributed by atoms with Crippen molar-refractivity contribution in [3.8, 4) is 0 Å². The van der Waals surface area contributed by atoms with E-state index < -0.39 is 18.6 Å². The molecule has 0 spiro atoms. The van der Waals surface area contributed by atoms with Crippen LogP contribution in [0.3, 0.4) is 0 Å². The number of hydrogen-bond acceptors (Lipinski definition) is 2. The maximum absolute atomic E-state index is 13.0. The van der Waals surface area contributed by atoms with Gasteiger partial charge in [-0.3, -0.25) is 9.80 Å². The maximum Gasteiger partial charge on any atom is 0.454 e. The summed E-state index contributed by atoms with van der Waals surface area (Å²) in [5, 5.41) is 0. The standard InChI is InChI=1S/C14H17F5N2/c15-13(16,14(17,18)19)11-21-8-6-20(7-9-21)10-12-4-2-1-3-5-12/h1-5H,6-11H2. The minimum absolute atomic E-state index is 0.221. The van der Waals surface area contributed by atoms with Crippen LogP contribution in [0.4, 0.5) is 22.0 Å². The van der Waals surface area contributed by atoms with Crippen molar-refractivity contribution in [1.82, 2.24) is 9.80 Å². The van der Waals surface area contributed by atoms with Gasteiger partial charge in [-0.25, -0.2) is 0 Å². The molecule has 0 atom stereocenters. The summed E-state index contributed by atoms with van der Waals surface area (Å²) < 4.78 is 62.5. The van der Waals surface area contributed by atoms with Crippen LogP contribution in [0.2, 0.25) is 0 Å². The van der Waals surface area contributed by atoms with Gasteiger partial charge >= 0.3 is 12.1 Å². The molecule has 7 heteroatoms. The van der Waals surface area contributed by atoms with E-state index in [4.69, 9.17) is 0 Å². The molecule has 0 unspecified atom stereocenters. The molecule has 1 aliphatic heterocycles. The molecule has 0 bridgehead atoms. The van der Waals surface area contributed by atoms with Crippen LogP contribution in [0.1, 0.15) is 5.56 Å². The first kappa shape index (κ1) is 16.2. The van der Waals surface area contributed by atoms with Crippen molar-refractivity contribution in [3.05, 3.63) is 35.9 Å². The third-order valence-corrected chi connectivity index (χ3v) is 3.55. The Morgan fingerprint density at radius 2 is 1.33 bits per heavy atom. The molecule has 1 aromatic rings. The van der Waals surface area contributed by atoms with Crippen molar-refractivity contribution in [2.45, 2.75) is 18.6 Å². The Labute approximate surface area is 120 Å². The highest BCUT2D eigenvalue weighted by Gasteiger charge is 2.58. The normalized spacial score (nSPS) is 18.9. The van der Waals surface area contributed by atoms with Crippen molar-refractivity contribution in [2.75, 3.05) is 32.7 Å². The summed E-state index contributed by atoms with van der Waals surface area (Å²) in [4.78, 5) is 3.23. The highest BCUT2D eigenvalue weighted by molar-refractivity contribution is 5.14. The summed E-state index contributed by atoms with van der Waals surface area (Å²) in [7, 11) is 0. The second kappa shape index (κ2) is 6.27. The molecule has 0 aliphatic carbocycles. The number of halogens is 5. The Morgan fingerprint density at radius 3 is 1.86 bits per heavy atom. The molecule has 0 saturated carbocycles. The Kier molecular flexibility index (Phi) is 4.83. The fraction of sp³-hybridized carbons (Fsp3) is 0.571. The molecule has 0 aromatic heterocycles. The molecule has 0 amide bonds. The van der Waals surface area contributed by atoms with Crippen molar-refractivity contribution in [3.63, 3.8) is 0 Å². The van der Waals surface area contributed by atoms with Gasteiger partial charge in [0.25, 0.3) is 0 Å². The Hall–Kier alpha value is -1.21. The highest BCUT2D eigenvalue weighted by atomic mass is 19.4. The molecule has 21 heavy (non-hydrogen) atoms. The molecule has 1 aromatic carbocycles. The van der Waals surface area contributed by atoms with Gasteiger partial charge in [0.15, 0.2) is 0 Å². The maximum atomic E-state index is 13.0. The summed E-state index contributed by atoms with van der Waals surface area (Å²) in [6.45, 7) is 0.850. The van der Waals surface area contributed by atoms with Crippen molar-refractivity contribution in [2.24, 2.45) is 0 Å². The van der Waals surface area contributed by atoms with E-state index in [9.17, 15) is 22.0 Å². The summed E-state index contributed by atoms with van der Waals surface area (Å²) in [6.07, 6.45) is -5.48. The average Bonchev–Trinajstić information content (AvgIpc) is 2.41. The van der Waals surface area contributed by atoms with Gasteiger partial charge in [-0.15, -0.1) is 0 Å². The Bertz CT molecular complexity index is 438. The summed E-state index contributed by atoms with van der Waals surface area (Å²) >= 11 is 0. The fourth-order valence-corrected chi connectivity index (χ4v) is 2.32. The van der Waals surface area contributed by atoms with E-state index in [0.717, 1.165) is 5.56 Å². The molecule has 0 radical (unpaired) electrons. The Morgan fingerprint density at radius 1 is 0.810 bits per heavy atom. The number of piperazine rings is 1. The van der Waals surface area contributed by atoms with E-state index in [2.05, 4.69) is 4.90 Å². The Balaban J connectivity index is 1.81. The zero-order valence-corrected chi connectivity index (χ0v) is 11.4. The lowest BCUT2D eigenvalue weighted by molar-refractivity contribution is -0.287. The van der Waals surface area contributed by atoms with E-state index in [1.807, 2.05) is 30.3 Å². The van der Waals surface area contributed by atoms with Crippen molar-refractivity contribution in [1.29, 1.82) is 0 Å². The van der Waals surface area contributed by atoms with E-state index in [1.165, 1.54) is 4.90 Å². The van der Waals surface area contributed by atoms with Crippen LogP contribution < -0.4 is 0 Å². The smallest absolute Gasteiger partial charge is 0.297 e. The van der Waals surface area contributed by atoms with Crippen LogP contribution in [0.25, 0.3) is 0 Å². The van der Waals surface area contributed by atoms with Crippen LogP contribution in [-0.4, -0.2) is 54.6 Å². The van der Waals surface area contributed by atoms with Crippen LogP contribution in [0, 0.1) is 0 Å². The molecular formula is C14H17F5N2.